The Morgan fingerprint density at radius 3 is 2.81 bits per heavy atom. The Bertz CT molecular complexity index is 798. The summed E-state index contributed by atoms with van der Waals surface area (Å²) in [7, 11) is 0. The Labute approximate surface area is 160 Å². The van der Waals surface area contributed by atoms with Gasteiger partial charge in [0.15, 0.2) is 5.96 Å². The molecule has 2 N–H and O–H groups in total. The molecule has 27 heavy (non-hydrogen) atoms. The number of benzene rings is 1. The first-order valence-corrected chi connectivity index (χ1v) is 9.72. The summed E-state index contributed by atoms with van der Waals surface area (Å²) in [6, 6.07) is 9.03. The highest BCUT2D eigenvalue weighted by molar-refractivity contribution is 5.80. The van der Waals surface area contributed by atoms with Crippen molar-refractivity contribution in [3.8, 4) is 0 Å². The van der Waals surface area contributed by atoms with E-state index in [2.05, 4.69) is 69.0 Å². The third kappa shape index (κ3) is 4.30. The van der Waals surface area contributed by atoms with Crippen LogP contribution in [0, 0.1) is 0 Å². The maximum Gasteiger partial charge on any atom is 0.191 e. The Kier molecular flexibility index (Phi) is 5.37. The predicted molar refractivity (Wildman–Crippen MR) is 108 cm³/mol. The van der Waals surface area contributed by atoms with Crippen molar-refractivity contribution >= 4 is 11.6 Å². The molecule has 1 aromatic heterocycles. The maximum atomic E-state index is 4.77. The van der Waals surface area contributed by atoms with Crippen LogP contribution in [0.4, 0.5) is 5.69 Å². The summed E-state index contributed by atoms with van der Waals surface area (Å²) < 4.78 is 1.98. The van der Waals surface area contributed by atoms with Gasteiger partial charge in [-0.25, -0.2) is 14.7 Å². The molecule has 0 saturated carbocycles. The van der Waals surface area contributed by atoms with E-state index in [-0.39, 0.29) is 0 Å². The van der Waals surface area contributed by atoms with Crippen LogP contribution in [-0.4, -0.2) is 46.4 Å². The van der Waals surface area contributed by atoms with Gasteiger partial charge in [-0.15, -0.1) is 0 Å². The van der Waals surface area contributed by atoms with Crippen molar-refractivity contribution in [2.24, 2.45) is 4.99 Å². The van der Waals surface area contributed by atoms with Crippen LogP contribution in [0.3, 0.4) is 0 Å². The first kappa shape index (κ1) is 17.6. The van der Waals surface area contributed by atoms with Crippen LogP contribution < -0.4 is 15.5 Å². The fourth-order valence-electron chi connectivity index (χ4n) is 3.54. The lowest BCUT2D eigenvalue weighted by atomic mass is 10.1. The van der Waals surface area contributed by atoms with E-state index < -0.39 is 0 Å². The Balaban J connectivity index is 1.36. The highest BCUT2D eigenvalue weighted by Gasteiger charge is 2.20. The first-order valence-electron chi connectivity index (χ1n) is 9.72. The van der Waals surface area contributed by atoms with E-state index >= 15 is 0 Å². The zero-order valence-corrected chi connectivity index (χ0v) is 15.8. The predicted octanol–water partition coefficient (Wildman–Crippen LogP) is 1.72. The van der Waals surface area contributed by atoms with Gasteiger partial charge in [-0.2, -0.15) is 5.10 Å². The average Bonchev–Trinajstić information content (AvgIpc) is 3.38. The summed E-state index contributed by atoms with van der Waals surface area (Å²) in [6.45, 7) is 6.43. The van der Waals surface area contributed by atoms with E-state index in [0.717, 1.165) is 50.8 Å². The molecule has 1 unspecified atom stereocenters. The number of fused-ring (bicyclic) bond motifs is 1. The van der Waals surface area contributed by atoms with E-state index in [0.29, 0.717) is 12.6 Å². The van der Waals surface area contributed by atoms with Crippen LogP contribution >= 0.6 is 0 Å². The van der Waals surface area contributed by atoms with Crippen molar-refractivity contribution in [3.05, 3.63) is 54.1 Å². The Hall–Kier alpha value is -2.83. The van der Waals surface area contributed by atoms with Crippen LogP contribution in [0.15, 0.2) is 47.7 Å². The molecule has 0 radical (unpaired) electrons. The van der Waals surface area contributed by atoms with Gasteiger partial charge in [0.1, 0.15) is 12.2 Å². The minimum Gasteiger partial charge on any atom is -0.364 e. The zero-order chi connectivity index (χ0) is 18.5. The molecule has 142 valence electrons. The van der Waals surface area contributed by atoms with Crippen molar-refractivity contribution in [1.29, 1.82) is 0 Å². The van der Waals surface area contributed by atoms with E-state index in [4.69, 9.17) is 4.99 Å². The molecule has 0 spiro atoms. The van der Waals surface area contributed by atoms with Crippen molar-refractivity contribution in [1.82, 2.24) is 25.4 Å². The van der Waals surface area contributed by atoms with E-state index in [1.165, 1.54) is 11.3 Å². The molecular formula is C20H27N7. The summed E-state index contributed by atoms with van der Waals surface area (Å²) in [5.41, 5.74) is 2.48. The second kappa shape index (κ2) is 8.24. The molecule has 7 heteroatoms. The molecule has 1 atom stereocenters. The van der Waals surface area contributed by atoms with Gasteiger partial charge in [-0.3, -0.25) is 0 Å². The lowest BCUT2D eigenvalue weighted by Crippen LogP contribution is -2.47. The molecule has 2 aliphatic rings. The summed E-state index contributed by atoms with van der Waals surface area (Å²) in [5.74, 6) is 1.93. The normalized spacial score (nSPS) is 19.2. The fourth-order valence-corrected chi connectivity index (χ4v) is 3.54. The van der Waals surface area contributed by atoms with Gasteiger partial charge in [0.2, 0.25) is 0 Å². The van der Waals surface area contributed by atoms with E-state index in [1.54, 1.807) is 6.33 Å². The molecule has 0 bridgehead atoms. The number of hydrogen-bond donors (Lipinski definition) is 2. The number of aliphatic imine (C=N–C) groups is 1. The Morgan fingerprint density at radius 2 is 2.04 bits per heavy atom. The minimum absolute atomic E-state index is 0.321. The van der Waals surface area contributed by atoms with E-state index in [1.807, 2.05) is 4.68 Å². The largest absolute Gasteiger partial charge is 0.364 e. The molecule has 0 aliphatic carbocycles. The second-order valence-corrected chi connectivity index (χ2v) is 6.98. The number of anilines is 1. The quantitative estimate of drug-likeness (QED) is 0.480. The highest BCUT2D eigenvalue weighted by Crippen LogP contribution is 2.18. The van der Waals surface area contributed by atoms with Gasteiger partial charge >= 0.3 is 0 Å². The number of nitrogens with one attached hydrogen (secondary N) is 2. The first-order chi connectivity index (χ1) is 13.3. The SMILES string of the molecule is CCNC(=NCc1ccc(N2CC=CC2)cc1)NC1CCc2ncnn2C1. The van der Waals surface area contributed by atoms with Crippen LogP contribution in [0.2, 0.25) is 0 Å². The molecule has 2 aromatic rings. The number of aryl methyl sites for hydroxylation is 1. The maximum absolute atomic E-state index is 4.77. The third-order valence-corrected chi connectivity index (χ3v) is 5.03. The minimum atomic E-state index is 0.321. The molecule has 0 amide bonds. The second-order valence-electron chi connectivity index (χ2n) is 6.98. The van der Waals surface area contributed by atoms with Gasteiger partial charge in [0.05, 0.1) is 13.1 Å². The zero-order valence-electron chi connectivity index (χ0n) is 15.8. The summed E-state index contributed by atoms with van der Waals surface area (Å²) >= 11 is 0. The van der Waals surface area contributed by atoms with E-state index in [9.17, 15) is 0 Å². The van der Waals surface area contributed by atoms with Crippen molar-refractivity contribution in [2.75, 3.05) is 24.5 Å². The highest BCUT2D eigenvalue weighted by atomic mass is 15.4. The number of rotatable bonds is 5. The average molecular weight is 365 g/mol. The van der Waals surface area contributed by atoms with Gasteiger partial charge < -0.3 is 15.5 Å². The molecule has 7 nitrogen and oxygen atoms in total. The summed E-state index contributed by atoms with van der Waals surface area (Å²) in [4.78, 5) is 11.4. The van der Waals surface area contributed by atoms with Crippen molar-refractivity contribution < 1.29 is 0 Å². The lowest BCUT2D eigenvalue weighted by molar-refractivity contribution is 0.392. The van der Waals surface area contributed by atoms with Crippen LogP contribution in [0.25, 0.3) is 0 Å². The molecule has 0 fully saturated rings. The number of aromatic nitrogens is 3. The van der Waals surface area contributed by atoms with Crippen LogP contribution in [-0.2, 0) is 19.5 Å². The Morgan fingerprint density at radius 1 is 1.22 bits per heavy atom. The molecule has 4 rings (SSSR count). The molecule has 3 heterocycles. The summed E-state index contributed by atoms with van der Waals surface area (Å²) in [5, 5.41) is 11.2. The molecule has 0 saturated heterocycles. The third-order valence-electron chi connectivity index (χ3n) is 5.03. The van der Waals surface area contributed by atoms with Crippen molar-refractivity contribution in [3.63, 3.8) is 0 Å². The topological polar surface area (TPSA) is 70.4 Å². The number of nitrogens with zero attached hydrogens (tertiary/aromatic N) is 5. The lowest BCUT2D eigenvalue weighted by Gasteiger charge is -2.25. The molecule has 1 aromatic carbocycles. The monoisotopic (exact) mass is 365 g/mol. The molecule has 2 aliphatic heterocycles. The summed E-state index contributed by atoms with van der Waals surface area (Å²) in [6.07, 6.45) is 8.05. The van der Waals surface area contributed by atoms with Crippen molar-refractivity contribution in [2.45, 2.75) is 38.9 Å². The fraction of sp³-hybridized carbons (Fsp3) is 0.450. The smallest absolute Gasteiger partial charge is 0.191 e. The van der Waals surface area contributed by atoms with Crippen LogP contribution in [0.1, 0.15) is 24.7 Å². The number of guanidine groups is 1. The number of hydrogen-bond acceptors (Lipinski definition) is 4. The molecular weight excluding hydrogens is 338 g/mol. The standard InChI is InChI=1S/C20H27N7/c1-2-21-20(25-17-7-10-19-23-15-24-27(19)14-17)22-13-16-5-8-18(9-6-16)26-11-3-4-12-26/h3-6,8-9,15,17H,2,7,10-14H2,1H3,(H2,21,22,25). The van der Waals surface area contributed by atoms with Gasteiger partial charge in [-0.1, -0.05) is 24.3 Å². The van der Waals surface area contributed by atoms with Gasteiger partial charge in [0.25, 0.3) is 0 Å². The van der Waals surface area contributed by atoms with Gasteiger partial charge in [0, 0.05) is 37.8 Å². The van der Waals surface area contributed by atoms with Gasteiger partial charge in [-0.05, 0) is 31.0 Å². The van der Waals surface area contributed by atoms with Crippen LogP contribution in [0.5, 0.6) is 0 Å².